The summed E-state index contributed by atoms with van der Waals surface area (Å²) in [5, 5.41) is 0.322. The van der Waals surface area contributed by atoms with E-state index in [9.17, 15) is 4.79 Å². The molecular weight excluding hydrogens is 294 g/mol. The normalized spacial score (nSPS) is 12.0. The summed E-state index contributed by atoms with van der Waals surface area (Å²) in [4.78, 5) is 15.4. The Kier molecular flexibility index (Phi) is 4.39. The third-order valence-corrected chi connectivity index (χ3v) is 4.03. The third-order valence-electron chi connectivity index (χ3n) is 3.17. The van der Waals surface area contributed by atoms with Gasteiger partial charge in [-0.1, -0.05) is 72.4 Å². The Hall–Kier alpha value is -2.33. The van der Waals surface area contributed by atoms with Crippen LogP contribution in [0.25, 0.3) is 22.6 Å². The Labute approximate surface area is 133 Å². The molecule has 0 amide bonds. The van der Waals surface area contributed by atoms with Gasteiger partial charge in [0.2, 0.25) is 0 Å². The maximum atomic E-state index is 10.9. The van der Waals surface area contributed by atoms with E-state index in [0.717, 1.165) is 28.9 Å². The highest BCUT2D eigenvalue weighted by atomic mass is 32.2. The lowest BCUT2D eigenvalue weighted by Crippen LogP contribution is -1.95. The van der Waals surface area contributed by atoms with Gasteiger partial charge in [-0.2, -0.15) is 0 Å². The van der Waals surface area contributed by atoms with Gasteiger partial charge in [0.15, 0.2) is 5.76 Å². The smallest absolute Gasteiger partial charge is 0.257 e. The van der Waals surface area contributed by atoms with Crippen LogP contribution in [0, 0.1) is 0 Å². The highest BCUT2D eigenvalue weighted by Crippen LogP contribution is 2.36. The van der Waals surface area contributed by atoms with Gasteiger partial charge in [0.25, 0.3) is 5.22 Å². The molecule has 3 nitrogen and oxygen atoms in total. The van der Waals surface area contributed by atoms with E-state index in [2.05, 4.69) is 4.98 Å². The van der Waals surface area contributed by atoms with Gasteiger partial charge in [-0.15, -0.1) is 0 Å². The van der Waals surface area contributed by atoms with Gasteiger partial charge in [-0.25, -0.2) is 4.98 Å². The predicted octanol–water partition coefficient (Wildman–Crippen LogP) is 4.69. The summed E-state index contributed by atoms with van der Waals surface area (Å²) in [7, 11) is 0. The number of benzene rings is 2. The molecule has 0 saturated carbocycles. The molecule has 0 aliphatic rings. The molecule has 0 aliphatic carbocycles. The van der Waals surface area contributed by atoms with Crippen molar-refractivity contribution in [3.05, 3.63) is 60.7 Å². The number of hydrogen-bond acceptors (Lipinski definition) is 4. The molecule has 0 N–H and O–H groups in total. The average molecular weight is 309 g/mol. The van der Waals surface area contributed by atoms with E-state index in [-0.39, 0.29) is 5.25 Å². The van der Waals surface area contributed by atoms with Crippen molar-refractivity contribution < 1.29 is 9.21 Å². The first-order chi connectivity index (χ1) is 10.8. The quantitative estimate of drug-likeness (QED) is 0.506. The minimum atomic E-state index is -0.189. The fourth-order valence-corrected chi connectivity index (χ4v) is 2.76. The summed E-state index contributed by atoms with van der Waals surface area (Å²) in [6.45, 7) is 1.83. The highest BCUT2D eigenvalue weighted by molar-refractivity contribution is 8.00. The van der Waals surface area contributed by atoms with Crippen LogP contribution in [0.15, 0.2) is 70.3 Å². The minimum absolute atomic E-state index is 0.189. The van der Waals surface area contributed by atoms with Crippen molar-refractivity contribution in [3.63, 3.8) is 0 Å². The first-order valence-corrected chi connectivity index (χ1v) is 7.89. The summed E-state index contributed by atoms with van der Waals surface area (Å²) in [5.74, 6) is 0.729. The van der Waals surface area contributed by atoms with Gasteiger partial charge in [0.1, 0.15) is 12.0 Å². The van der Waals surface area contributed by atoms with Crippen LogP contribution in [0.5, 0.6) is 0 Å². The molecule has 0 bridgehead atoms. The van der Waals surface area contributed by atoms with Gasteiger partial charge >= 0.3 is 0 Å². The average Bonchev–Trinajstić information content (AvgIpc) is 3.00. The summed E-state index contributed by atoms with van der Waals surface area (Å²) >= 11 is 1.32. The van der Waals surface area contributed by atoms with Crippen molar-refractivity contribution in [2.45, 2.75) is 17.4 Å². The molecule has 1 aromatic heterocycles. The van der Waals surface area contributed by atoms with Gasteiger partial charge in [-0.05, 0) is 6.92 Å². The van der Waals surface area contributed by atoms with Crippen molar-refractivity contribution in [2.75, 3.05) is 0 Å². The van der Waals surface area contributed by atoms with Crippen LogP contribution >= 0.6 is 11.8 Å². The van der Waals surface area contributed by atoms with Gasteiger partial charge in [-0.3, -0.25) is 0 Å². The number of carbonyl (C=O) groups is 1. The van der Waals surface area contributed by atoms with Gasteiger partial charge < -0.3 is 9.21 Å². The van der Waals surface area contributed by atoms with Crippen LogP contribution in [-0.4, -0.2) is 16.5 Å². The molecule has 1 unspecified atom stereocenters. The Balaban J connectivity index is 2.08. The fourth-order valence-electron chi connectivity index (χ4n) is 2.11. The molecular formula is C18H15NO2S. The molecule has 110 valence electrons. The molecule has 3 aromatic rings. The van der Waals surface area contributed by atoms with E-state index in [1.165, 1.54) is 11.8 Å². The van der Waals surface area contributed by atoms with Crippen molar-refractivity contribution >= 4 is 18.0 Å². The first kappa shape index (κ1) is 14.6. The maximum absolute atomic E-state index is 10.9. The fraction of sp³-hybridized carbons (Fsp3) is 0.111. The van der Waals surface area contributed by atoms with Gasteiger partial charge in [0, 0.05) is 11.1 Å². The third kappa shape index (κ3) is 3.12. The number of carbonyl (C=O) groups excluding carboxylic acids is 1. The van der Waals surface area contributed by atoms with Crippen molar-refractivity contribution in [1.82, 2.24) is 4.98 Å². The summed E-state index contributed by atoms with van der Waals surface area (Å²) in [6.07, 6.45) is 0.888. The molecule has 22 heavy (non-hydrogen) atoms. The highest BCUT2D eigenvalue weighted by Gasteiger charge is 2.18. The second kappa shape index (κ2) is 6.62. The topological polar surface area (TPSA) is 43.1 Å². The van der Waals surface area contributed by atoms with E-state index in [1.54, 1.807) is 0 Å². The molecule has 1 atom stereocenters. The van der Waals surface area contributed by atoms with Gasteiger partial charge in [0.05, 0.1) is 5.25 Å². The molecule has 0 spiro atoms. The number of nitrogens with zero attached hydrogens (tertiary/aromatic N) is 1. The Morgan fingerprint density at radius 1 is 1.00 bits per heavy atom. The molecule has 0 radical (unpaired) electrons. The van der Waals surface area contributed by atoms with Crippen LogP contribution in [-0.2, 0) is 4.79 Å². The van der Waals surface area contributed by atoms with E-state index < -0.39 is 0 Å². The number of rotatable bonds is 5. The lowest BCUT2D eigenvalue weighted by atomic mass is 10.1. The number of aromatic nitrogens is 1. The minimum Gasteiger partial charge on any atom is -0.431 e. The van der Waals surface area contributed by atoms with E-state index in [1.807, 2.05) is 67.6 Å². The Bertz CT molecular complexity index is 696. The lowest BCUT2D eigenvalue weighted by molar-refractivity contribution is -0.107. The van der Waals surface area contributed by atoms with E-state index >= 15 is 0 Å². The molecule has 0 saturated heterocycles. The zero-order valence-corrected chi connectivity index (χ0v) is 12.9. The molecule has 0 aliphatic heterocycles. The van der Waals surface area contributed by atoms with Crippen LogP contribution in [0.4, 0.5) is 0 Å². The zero-order chi connectivity index (χ0) is 15.4. The zero-order valence-electron chi connectivity index (χ0n) is 12.1. The summed E-state index contributed by atoms with van der Waals surface area (Å²) in [6, 6.07) is 19.8. The molecule has 4 heteroatoms. The Morgan fingerprint density at radius 2 is 1.59 bits per heavy atom. The lowest BCUT2D eigenvalue weighted by Gasteiger charge is -2.00. The maximum Gasteiger partial charge on any atom is 0.257 e. The number of aldehydes is 1. The SMILES string of the molecule is CC(C=O)Sc1nc(-c2ccccc2)c(-c2ccccc2)o1. The van der Waals surface area contributed by atoms with Crippen molar-refractivity contribution in [3.8, 4) is 22.6 Å². The van der Waals surface area contributed by atoms with Crippen molar-refractivity contribution in [2.24, 2.45) is 0 Å². The van der Waals surface area contributed by atoms with Crippen LogP contribution in [0.2, 0.25) is 0 Å². The molecule has 3 rings (SSSR count). The predicted molar refractivity (Wildman–Crippen MR) is 88.8 cm³/mol. The first-order valence-electron chi connectivity index (χ1n) is 7.01. The number of thioether (sulfide) groups is 1. The largest absolute Gasteiger partial charge is 0.431 e. The molecule has 2 aromatic carbocycles. The van der Waals surface area contributed by atoms with Crippen LogP contribution in [0.1, 0.15) is 6.92 Å². The molecule has 1 heterocycles. The van der Waals surface area contributed by atoms with E-state index in [0.29, 0.717) is 5.22 Å². The Morgan fingerprint density at radius 3 is 2.18 bits per heavy atom. The van der Waals surface area contributed by atoms with Crippen LogP contribution in [0.3, 0.4) is 0 Å². The second-order valence-corrected chi connectivity index (χ2v) is 6.18. The van der Waals surface area contributed by atoms with E-state index in [4.69, 9.17) is 4.42 Å². The molecule has 0 fully saturated rings. The summed E-state index contributed by atoms with van der Waals surface area (Å²) in [5.41, 5.74) is 2.77. The van der Waals surface area contributed by atoms with Crippen molar-refractivity contribution in [1.29, 1.82) is 0 Å². The standard InChI is InChI=1S/C18H15NO2S/c1-13(12-20)22-18-19-16(14-8-4-2-5-9-14)17(21-18)15-10-6-3-7-11-15/h2-13H,1H3. The monoisotopic (exact) mass is 309 g/mol. The second-order valence-electron chi connectivity index (χ2n) is 4.85. The summed E-state index contributed by atoms with van der Waals surface area (Å²) < 4.78 is 5.92. The van der Waals surface area contributed by atoms with Crippen LogP contribution < -0.4 is 0 Å². The number of oxazole rings is 1. The number of hydrogen-bond donors (Lipinski definition) is 0.